The number of benzene rings is 1. The standard InChI is InChI=1S/C19H19FN2O3/c1-2-22-9-13(19(24)25)18(23)12-7-14(20)15(8-16(12)22)21-17-10-3-4-11(17)6-5-10/h3-4,7-11,17,21H,2,5-6H2,1H3,(H,24,25). The van der Waals surface area contributed by atoms with Gasteiger partial charge < -0.3 is 15.0 Å². The third-order valence-electron chi connectivity index (χ3n) is 5.42. The number of anilines is 1. The van der Waals surface area contributed by atoms with Crippen LogP contribution >= 0.6 is 0 Å². The van der Waals surface area contributed by atoms with Gasteiger partial charge in [-0.2, -0.15) is 0 Å². The maximum absolute atomic E-state index is 14.6. The van der Waals surface area contributed by atoms with Gasteiger partial charge in [-0.05, 0) is 43.7 Å². The van der Waals surface area contributed by atoms with Gasteiger partial charge in [-0.15, -0.1) is 0 Å². The number of hydrogen-bond donors (Lipinski definition) is 2. The summed E-state index contributed by atoms with van der Waals surface area (Å²) in [6.45, 7) is 2.34. The summed E-state index contributed by atoms with van der Waals surface area (Å²) >= 11 is 0. The number of halogens is 1. The average molecular weight is 342 g/mol. The molecular formula is C19H19FN2O3. The van der Waals surface area contributed by atoms with Crippen molar-refractivity contribution in [1.29, 1.82) is 0 Å². The molecule has 6 heteroatoms. The van der Waals surface area contributed by atoms with E-state index >= 15 is 0 Å². The quantitative estimate of drug-likeness (QED) is 0.837. The second kappa shape index (κ2) is 5.72. The molecule has 2 atom stereocenters. The van der Waals surface area contributed by atoms with E-state index < -0.39 is 17.2 Å². The highest BCUT2D eigenvalue weighted by Crippen LogP contribution is 2.41. The van der Waals surface area contributed by atoms with Gasteiger partial charge in [0.15, 0.2) is 0 Å². The molecule has 0 saturated heterocycles. The Hall–Kier alpha value is -2.63. The van der Waals surface area contributed by atoms with E-state index in [1.54, 1.807) is 10.6 Å². The van der Waals surface area contributed by atoms with E-state index in [1.165, 1.54) is 6.20 Å². The van der Waals surface area contributed by atoms with E-state index in [2.05, 4.69) is 17.5 Å². The number of carboxylic acids is 1. The highest BCUT2D eigenvalue weighted by Gasteiger charge is 2.37. The Bertz CT molecular complexity index is 949. The molecule has 1 aromatic heterocycles. The van der Waals surface area contributed by atoms with Crippen LogP contribution in [0.2, 0.25) is 0 Å². The fraction of sp³-hybridized carbons (Fsp3) is 0.368. The normalized spacial score (nSPS) is 24.2. The Morgan fingerprint density at radius 1 is 1.32 bits per heavy atom. The minimum atomic E-state index is -1.30. The van der Waals surface area contributed by atoms with E-state index in [9.17, 15) is 19.1 Å². The first-order chi connectivity index (χ1) is 12.0. The smallest absolute Gasteiger partial charge is 0.341 e. The minimum absolute atomic E-state index is 0.0947. The van der Waals surface area contributed by atoms with Crippen LogP contribution < -0.4 is 10.7 Å². The Kier molecular flexibility index (Phi) is 3.63. The Morgan fingerprint density at radius 3 is 2.56 bits per heavy atom. The van der Waals surface area contributed by atoms with Crippen molar-refractivity contribution in [3.05, 3.63) is 52.1 Å². The fourth-order valence-electron chi connectivity index (χ4n) is 4.11. The number of nitrogens with one attached hydrogen (secondary N) is 1. The maximum atomic E-state index is 14.6. The Balaban J connectivity index is 1.82. The number of nitrogens with zero attached hydrogens (tertiary/aromatic N) is 1. The number of aryl methyl sites for hydroxylation is 1. The molecule has 2 N–H and O–H groups in total. The Labute approximate surface area is 143 Å². The highest BCUT2D eigenvalue weighted by atomic mass is 19.1. The molecule has 2 bridgehead atoms. The topological polar surface area (TPSA) is 71.3 Å². The predicted octanol–water partition coefficient (Wildman–Crippen LogP) is 3.24. The zero-order valence-electron chi connectivity index (χ0n) is 13.8. The number of aromatic carboxylic acids is 1. The molecule has 4 rings (SSSR count). The first kappa shape index (κ1) is 15.9. The van der Waals surface area contributed by atoms with Crippen LogP contribution in [-0.4, -0.2) is 21.7 Å². The van der Waals surface area contributed by atoms with Gasteiger partial charge >= 0.3 is 5.97 Å². The number of hydrogen-bond acceptors (Lipinski definition) is 3. The van der Waals surface area contributed by atoms with Gasteiger partial charge in [0.05, 0.1) is 11.2 Å². The number of carbonyl (C=O) groups is 1. The molecule has 2 aromatic rings. The van der Waals surface area contributed by atoms with Crippen molar-refractivity contribution in [2.75, 3.05) is 5.32 Å². The van der Waals surface area contributed by atoms with E-state index in [4.69, 9.17) is 0 Å². The molecule has 0 amide bonds. The Morgan fingerprint density at radius 2 is 2.00 bits per heavy atom. The van der Waals surface area contributed by atoms with Crippen molar-refractivity contribution in [2.24, 2.45) is 11.8 Å². The zero-order valence-corrected chi connectivity index (χ0v) is 13.8. The molecule has 2 aliphatic rings. The van der Waals surface area contributed by atoms with Crippen LogP contribution in [-0.2, 0) is 6.54 Å². The van der Waals surface area contributed by atoms with Gasteiger partial charge in [0, 0.05) is 24.2 Å². The lowest BCUT2D eigenvalue weighted by molar-refractivity contribution is 0.0695. The van der Waals surface area contributed by atoms with Crippen molar-refractivity contribution < 1.29 is 14.3 Å². The maximum Gasteiger partial charge on any atom is 0.341 e. The van der Waals surface area contributed by atoms with Crippen LogP contribution in [0.25, 0.3) is 10.9 Å². The van der Waals surface area contributed by atoms with Crippen molar-refractivity contribution in [2.45, 2.75) is 32.4 Å². The van der Waals surface area contributed by atoms with Crippen molar-refractivity contribution in [3.8, 4) is 0 Å². The molecule has 2 aliphatic carbocycles. The second-order valence-electron chi connectivity index (χ2n) is 6.77. The van der Waals surface area contributed by atoms with Crippen LogP contribution in [0.3, 0.4) is 0 Å². The first-order valence-corrected chi connectivity index (χ1v) is 8.54. The summed E-state index contributed by atoms with van der Waals surface area (Å²) in [5.41, 5.74) is -0.0878. The highest BCUT2D eigenvalue weighted by molar-refractivity contribution is 5.93. The summed E-state index contributed by atoms with van der Waals surface area (Å²) < 4.78 is 16.3. The van der Waals surface area contributed by atoms with Crippen molar-refractivity contribution in [3.63, 3.8) is 0 Å². The molecule has 1 fully saturated rings. The van der Waals surface area contributed by atoms with Crippen LogP contribution in [0.15, 0.2) is 35.3 Å². The number of aromatic nitrogens is 1. The monoisotopic (exact) mass is 342 g/mol. The molecule has 0 aliphatic heterocycles. The second-order valence-corrected chi connectivity index (χ2v) is 6.77. The summed E-state index contributed by atoms with van der Waals surface area (Å²) in [5, 5.41) is 12.6. The third kappa shape index (κ3) is 2.44. The van der Waals surface area contributed by atoms with E-state index in [0.29, 0.717) is 29.6 Å². The van der Waals surface area contributed by atoms with Gasteiger partial charge in [-0.25, -0.2) is 9.18 Å². The zero-order chi connectivity index (χ0) is 17.7. The summed E-state index contributed by atoms with van der Waals surface area (Å²) in [6.07, 6.45) is 7.92. The molecule has 1 aromatic carbocycles. The average Bonchev–Trinajstić information content (AvgIpc) is 3.15. The number of carboxylic acid groups (broad SMARTS) is 1. The fourth-order valence-corrected chi connectivity index (χ4v) is 4.11. The van der Waals surface area contributed by atoms with E-state index in [-0.39, 0.29) is 17.0 Å². The van der Waals surface area contributed by atoms with Crippen LogP contribution in [0, 0.1) is 17.7 Å². The van der Waals surface area contributed by atoms with Gasteiger partial charge in [-0.3, -0.25) is 4.79 Å². The van der Waals surface area contributed by atoms with Crippen LogP contribution in [0.5, 0.6) is 0 Å². The van der Waals surface area contributed by atoms with Gasteiger partial charge in [0.1, 0.15) is 11.4 Å². The number of fused-ring (bicyclic) bond motifs is 3. The lowest BCUT2D eigenvalue weighted by atomic mass is 10.0. The molecule has 0 radical (unpaired) electrons. The molecule has 0 spiro atoms. The van der Waals surface area contributed by atoms with Gasteiger partial charge in [0.2, 0.25) is 5.43 Å². The van der Waals surface area contributed by atoms with Gasteiger partial charge in [0.25, 0.3) is 0 Å². The molecule has 130 valence electrons. The largest absolute Gasteiger partial charge is 0.477 e. The number of rotatable bonds is 4. The molecule has 2 unspecified atom stereocenters. The molecule has 5 nitrogen and oxygen atoms in total. The predicted molar refractivity (Wildman–Crippen MR) is 93.6 cm³/mol. The molecule has 1 saturated carbocycles. The lowest BCUT2D eigenvalue weighted by Gasteiger charge is -2.21. The van der Waals surface area contributed by atoms with Gasteiger partial charge in [-0.1, -0.05) is 12.2 Å². The SMILES string of the molecule is CCn1cc(C(=O)O)c(=O)c2cc(F)c(NC3C4C=CC3CC4)cc21. The summed E-state index contributed by atoms with van der Waals surface area (Å²) in [7, 11) is 0. The van der Waals surface area contributed by atoms with E-state index in [1.807, 2.05) is 6.92 Å². The van der Waals surface area contributed by atoms with Crippen LogP contribution in [0.1, 0.15) is 30.1 Å². The number of pyridine rings is 1. The molecule has 1 heterocycles. The van der Waals surface area contributed by atoms with Crippen LogP contribution in [0.4, 0.5) is 10.1 Å². The van der Waals surface area contributed by atoms with Crippen molar-refractivity contribution in [1.82, 2.24) is 4.57 Å². The first-order valence-electron chi connectivity index (χ1n) is 8.54. The molecular weight excluding hydrogens is 323 g/mol. The summed E-state index contributed by atoms with van der Waals surface area (Å²) in [5.74, 6) is -0.989. The van der Waals surface area contributed by atoms with Crippen molar-refractivity contribution >= 4 is 22.6 Å². The molecule has 25 heavy (non-hydrogen) atoms. The minimum Gasteiger partial charge on any atom is -0.477 e. The summed E-state index contributed by atoms with van der Waals surface area (Å²) in [4.78, 5) is 23.6. The summed E-state index contributed by atoms with van der Waals surface area (Å²) in [6, 6.07) is 2.97. The van der Waals surface area contributed by atoms with E-state index in [0.717, 1.165) is 18.9 Å². The third-order valence-corrected chi connectivity index (χ3v) is 5.42. The lowest BCUT2D eigenvalue weighted by Crippen LogP contribution is -2.26.